The Hall–Kier alpha value is -3.72. The first kappa shape index (κ1) is 19.1. The van der Waals surface area contributed by atoms with E-state index in [0.29, 0.717) is 11.4 Å². The Morgan fingerprint density at radius 3 is 2.61 bits per heavy atom. The molecule has 1 aromatic carbocycles. The Balaban J connectivity index is 2.09. The van der Waals surface area contributed by atoms with Crippen LogP contribution in [0.25, 0.3) is 11.3 Å². The van der Waals surface area contributed by atoms with E-state index in [4.69, 9.17) is 10.5 Å². The molecule has 2 aromatic heterocycles. The summed E-state index contributed by atoms with van der Waals surface area (Å²) < 4.78 is 4.82. The highest BCUT2D eigenvalue weighted by Crippen LogP contribution is 2.25. The second-order valence-electron chi connectivity index (χ2n) is 6.14. The Labute approximate surface area is 163 Å². The fourth-order valence-electron chi connectivity index (χ4n) is 2.80. The molecule has 0 aliphatic rings. The number of pyridine rings is 1. The van der Waals surface area contributed by atoms with Crippen LogP contribution in [0.1, 0.15) is 39.7 Å². The number of esters is 1. The number of rotatable bonds is 3. The van der Waals surface area contributed by atoms with E-state index < -0.39 is 0 Å². The van der Waals surface area contributed by atoms with E-state index in [1.807, 2.05) is 32.0 Å². The number of benzene rings is 1. The predicted octanol–water partition coefficient (Wildman–Crippen LogP) is 3.18. The van der Waals surface area contributed by atoms with Crippen molar-refractivity contribution >= 4 is 11.8 Å². The molecule has 0 bridgehead atoms. The third-order valence-electron chi connectivity index (χ3n) is 4.28. The van der Waals surface area contributed by atoms with Gasteiger partial charge in [0.1, 0.15) is 12.1 Å². The second kappa shape index (κ2) is 8.31. The highest BCUT2D eigenvalue weighted by atomic mass is 16.5. The number of carbonyl (C=O) groups excluding carboxylic acids is 1. The Morgan fingerprint density at radius 2 is 1.96 bits per heavy atom. The first-order valence-corrected chi connectivity index (χ1v) is 8.80. The van der Waals surface area contributed by atoms with Gasteiger partial charge in [0, 0.05) is 17.3 Å². The number of nitrogens with two attached hydrogens (primary N) is 1. The standard InChI is InChI=1S/C22H20N4O2/c1-4-19-18(8-5-15-6-10-20(23)24-12-15)21(26-13-25-19)16-7-9-17(14(2)11-16)22(27)28-3/h6-7,9-13H,4H2,1-3H3,(H2,23,24). The minimum atomic E-state index is -0.364. The summed E-state index contributed by atoms with van der Waals surface area (Å²) in [4.78, 5) is 24.7. The molecular weight excluding hydrogens is 352 g/mol. The van der Waals surface area contributed by atoms with Gasteiger partial charge < -0.3 is 10.5 Å². The Morgan fingerprint density at radius 1 is 1.14 bits per heavy atom. The number of ether oxygens (including phenoxy) is 1. The molecule has 0 spiro atoms. The van der Waals surface area contributed by atoms with Crippen molar-refractivity contribution in [1.29, 1.82) is 0 Å². The molecule has 3 aromatic rings. The van der Waals surface area contributed by atoms with Crippen molar-refractivity contribution in [3.8, 4) is 23.1 Å². The maximum absolute atomic E-state index is 11.8. The van der Waals surface area contributed by atoms with E-state index in [1.54, 1.807) is 18.3 Å². The van der Waals surface area contributed by atoms with Gasteiger partial charge in [0.05, 0.1) is 29.6 Å². The zero-order valence-corrected chi connectivity index (χ0v) is 16.0. The molecule has 2 N–H and O–H groups in total. The molecule has 0 saturated heterocycles. The SMILES string of the molecule is CCc1ncnc(-c2ccc(C(=O)OC)c(C)c2)c1C#Cc1ccc(N)nc1. The zero-order valence-electron chi connectivity index (χ0n) is 16.0. The highest BCUT2D eigenvalue weighted by Gasteiger charge is 2.14. The summed E-state index contributed by atoms with van der Waals surface area (Å²) in [5.74, 6) is 6.38. The number of aryl methyl sites for hydroxylation is 2. The first-order valence-electron chi connectivity index (χ1n) is 8.80. The van der Waals surface area contributed by atoms with Crippen molar-refractivity contribution in [3.05, 3.63) is 70.8 Å². The van der Waals surface area contributed by atoms with Crippen LogP contribution in [0.15, 0.2) is 42.9 Å². The second-order valence-corrected chi connectivity index (χ2v) is 6.14. The fraction of sp³-hybridized carbons (Fsp3) is 0.182. The molecule has 3 rings (SSSR count). The molecule has 6 heteroatoms. The summed E-state index contributed by atoms with van der Waals surface area (Å²) in [5.41, 5.74) is 10.9. The van der Waals surface area contributed by atoms with Gasteiger partial charge >= 0.3 is 5.97 Å². The molecule has 0 aliphatic heterocycles. The van der Waals surface area contributed by atoms with Gasteiger partial charge in [0.25, 0.3) is 0 Å². The first-order chi connectivity index (χ1) is 13.5. The molecule has 6 nitrogen and oxygen atoms in total. The van der Waals surface area contributed by atoms with Gasteiger partial charge in [-0.05, 0) is 43.2 Å². The molecule has 140 valence electrons. The van der Waals surface area contributed by atoms with Crippen LogP contribution in [-0.4, -0.2) is 28.0 Å². The average Bonchev–Trinajstić information content (AvgIpc) is 2.72. The molecule has 0 aliphatic carbocycles. The minimum Gasteiger partial charge on any atom is -0.465 e. The maximum Gasteiger partial charge on any atom is 0.338 e. The molecule has 28 heavy (non-hydrogen) atoms. The lowest BCUT2D eigenvalue weighted by Gasteiger charge is -2.10. The molecule has 0 atom stereocenters. The van der Waals surface area contributed by atoms with E-state index in [1.165, 1.54) is 13.4 Å². The number of carbonyl (C=O) groups is 1. The van der Waals surface area contributed by atoms with Crippen LogP contribution in [0, 0.1) is 18.8 Å². The molecule has 0 saturated carbocycles. The van der Waals surface area contributed by atoms with Gasteiger partial charge in [-0.15, -0.1) is 0 Å². The van der Waals surface area contributed by atoms with Crippen molar-refractivity contribution < 1.29 is 9.53 Å². The van der Waals surface area contributed by atoms with Crippen molar-refractivity contribution in [2.24, 2.45) is 0 Å². The van der Waals surface area contributed by atoms with Crippen molar-refractivity contribution in [2.75, 3.05) is 12.8 Å². The van der Waals surface area contributed by atoms with Crippen molar-refractivity contribution in [1.82, 2.24) is 15.0 Å². The third kappa shape index (κ3) is 3.99. The maximum atomic E-state index is 11.8. The van der Waals surface area contributed by atoms with Gasteiger partial charge in [-0.3, -0.25) is 0 Å². The number of anilines is 1. The van der Waals surface area contributed by atoms with E-state index in [-0.39, 0.29) is 5.97 Å². The van der Waals surface area contributed by atoms with Crippen LogP contribution in [0.5, 0.6) is 0 Å². The smallest absolute Gasteiger partial charge is 0.338 e. The van der Waals surface area contributed by atoms with Crippen LogP contribution in [0.2, 0.25) is 0 Å². The van der Waals surface area contributed by atoms with Crippen molar-refractivity contribution in [3.63, 3.8) is 0 Å². The number of hydrogen-bond donors (Lipinski definition) is 1. The summed E-state index contributed by atoms with van der Waals surface area (Å²) >= 11 is 0. The summed E-state index contributed by atoms with van der Waals surface area (Å²) in [5, 5.41) is 0. The molecular formula is C22H20N4O2. The van der Waals surface area contributed by atoms with Crippen LogP contribution < -0.4 is 5.73 Å². The lowest BCUT2D eigenvalue weighted by Crippen LogP contribution is -2.04. The Bertz CT molecular complexity index is 1080. The highest BCUT2D eigenvalue weighted by molar-refractivity contribution is 5.91. The van der Waals surface area contributed by atoms with Crippen molar-refractivity contribution in [2.45, 2.75) is 20.3 Å². The summed E-state index contributed by atoms with van der Waals surface area (Å²) in [7, 11) is 1.37. The molecule has 0 unspecified atom stereocenters. The topological polar surface area (TPSA) is 91.0 Å². The van der Waals surface area contributed by atoms with Crippen LogP contribution in [0.4, 0.5) is 5.82 Å². The van der Waals surface area contributed by atoms with Gasteiger partial charge in [-0.1, -0.05) is 24.8 Å². The number of aromatic nitrogens is 3. The van der Waals surface area contributed by atoms with Gasteiger partial charge in [-0.25, -0.2) is 19.7 Å². The van der Waals surface area contributed by atoms with Crippen LogP contribution in [0.3, 0.4) is 0 Å². The van der Waals surface area contributed by atoms with E-state index in [0.717, 1.165) is 40.1 Å². The van der Waals surface area contributed by atoms with Crippen LogP contribution >= 0.6 is 0 Å². The number of hydrogen-bond acceptors (Lipinski definition) is 6. The lowest BCUT2D eigenvalue weighted by molar-refractivity contribution is 0.0600. The summed E-state index contributed by atoms with van der Waals surface area (Å²) in [6, 6.07) is 9.02. The quantitative estimate of drug-likeness (QED) is 0.561. The molecule has 2 heterocycles. The third-order valence-corrected chi connectivity index (χ3v) is 4.28. The summed E-state index contributed by atoms with van der Waals surface area (Å²) in [6.07, 6.45) is 3.89. The Kier molecular flexibility index (Phi) is 5.66. The van der Waals surface area contributed by atoms with Gasteiger partial charge in [0.15, 0.2) is 0 Å². The lowest BCUT2D eigenvalue weighted by atomic mass is 9.99. The molecule has 0 amide bonds. The number of methoxy groups -OCH3 is 1. The van der Waals surface area contributed by atoms with E-state index >= 15 is 0 Å². The molecule has 0 radical (unpaired) electrons. The predicted molar refractivity (Wildman–Crippen MR) is 108 cm³/mol. The zero-order chi connectivity index (χ0) is 20.1. The molecule has 0 fully saturated rings. The number of nitrogens with zero attached hydrogens (tertiary/aromatic N) is 3. The monoisotopic (exact) mass is 372 g/mol. The number of nitrogen functional groups attached to an aromatic ring is 1. The van der Waals surface area contributed by atoms with Gasteiger partial charge in [-0.2, -0.15) is 0 Å². The largest absolute Gasteiger partial charge is 0.465 e. The van der Waals surface area contributed by atoms with Crippen LogP contribution in [-0.2, 0) is 11.2 Å². The summed E-state index contributed by atoms with van der Waals surface area (Å²) in [6.45, 7) is 3.89. The van der Waals surface area contributed by atoms with E-state index in [2.05, 4.69) is 26.8 Å². The average molecular weight is 372 g/mol. The van der Waals surface area contributed by atoms with E-state index in [9.17, 15) is 4.79 Å². The normalized spacial score (nSPS) is 10.1. The fourth-order valence-corrected chi connectivity index (χ4v) is 2.80. The van der Waals surface area contributed by atoms with Gasteiger partial charge in [0.2, 0.25) is 0 Å². The minimum absolute atomic E-state index is 0.364.